The van der Waals surface area contributed by atoms with E-state index < -0.39 is 5.97 Å². The predicted molar refractivity (Wildman–Crippen MR) is 80.7 cm³/mol. The molecular formula is C16H30N2O2. The summed E-state index contributed by atoms with van der Waals surface area (Å²) in [6.45, 7) is 9.47. The van der Waals surface area contributed by atoms with Crippen LogP contribution in [-0.2, 0) is 4.79 Å². The molecule has 0 spiro atoms. The monoisotopic (exact) mass is 282 g/mol. The maximum Gasteiger partial charge on any atom is 0.307 e. The van der Waals surface area contributed by atoms with Gasteiger partial charge in [0, 0.05) is 25.2 Å². The summed E-state index contributed by atoms with van der Waals surface area (Å²) in [6, 6.07) is 0.886. The number of hydrogen-bond donors (Lipinski definition) is 2. The van der Waals surface area contributed by atoms with Crippen LogP contribution in [0.4, 0.5) is 0 Å². The molecule has 2 fully saturated rings. The van der Waals surface area contributed by atoms with Gasteiger partial charge in [-0.15, -0.1) is 0 Å². The van der Waals surface area contributed by atoms with Crippen LogP contribution in [0.3, 0.4) is 0 Å². The van der Waals surface area contributed by atoms with Crippen molar-refractivity contribution >= 4 is 5.97 Å². The lowest BCUT2D eigenvalue weighted by Crippen LogP contribution is -2.54. The molecule has 2 aliphatic rings. The summed E-state index contributed by atoms with van der Waals surface area (Å²) in [6.07, 6.45) is 4.58. The second-order valence-corrected chi connectivity index (χ2v) is 7.14. The van der Waals surface area contributed by atoms with E-state index in [1.165, 1.54) is 12.8 Å². The largest absolute Gasteiger partial charge is 0.481 e. The topological polar surface area (TPSA) is 52.6 Å². The zero-order valence-electron chi connectivity index (χ0n) is 13.1. The summed E-state index contributed by atoms with van der Waals surface area (Å²) in [5.41, 5.74) is 0. The minimum absolute atomic E-state index is 0.207. The first-order valence-corrected chi connectivity index (χ1v) is 8.17. The number of carboxylic acid groups (broad SMARTS) is 1. The van der Waals surface area contributed by atoms with Crippen LogP contribution in [0.2, 0.25) is 0 Å². The Morgan fingerprint density at radius 1 is 1.30 bits per heavy atom. The number of carboxylic acids is 1. The molecule has 0 radical (unpaired) electrons. The molecule has 0 aromatic heterocycles. The second kappa shape index (κ2) is 6.90. The first-order valence-electron chi connectivity index (χ1n) is 8.17. The molecule has 0 amide bonds. The Balaban J connectivity index is 1.88. The molecule has 2 rings (SSSR count). The molecular weight excluding hydrogens is 252 g/mol. The van der Waals surface area contributed by atoms with E-state index in [-0.39, 0.29) is 5.92 Å². The summed E-state index contributed by atoms with van der Waals surface area (Å²) in [5, 5.41) is 12.9. The standard InChI is InChI=1S/C16H30N2O2/c1-11(2)6-7-17-15-8-14(16(19)20)9-18(10-15)12(3)13-4-5-13/h11-15,17H,4-10H2,1-3H3,(H,19,20). The highest BCUT2D eigenvalue weighted by molar-refractivity contribution is 5.70. The van der Waals surface area contributed by atoms with Crippen LogP contribution in [0.15, 0.2) is 0 Å². The van der Waals surface area contributed by atoms with Crippen LogP contribution >= 0.6 is 0 Å². The van der Waals surface area contributed by atoms with Gasteiger partial charge in [-0.1, -0.05) is 13.8 Å². The zero-order chi connectivity index (χ0) is 14.7. The lowest BCUT2D eigenvalue weighted by molar-refractivity contribution is -0.144. The maximum atomic E-state index is 11.4. The molecule has 3 atom stereocenters. The molecule has 0 bridgehead atoms. The summed E-state index contributed by atoms with van der Waals surface area (Å²) in [5.74, 6) is 0.663. The zero-order valence-corrected chi connectivity index (χ0v) is 13.1. The van der Waals surface area contributed by atoms with Crippen LogP contribution in [-0.4, -0.2) is 47.7 Å². The van der Waals surface area contributed by atoms with Crippen LogP contribution in [0.1, 0.15) is 46.5 Å². The third-order valence-electron chi connectivity index (χ3n) is 4.86. The molecule has 1 aliphatic carbocycles. The third kappa shape index (κ3) is 4.45. The average molecular weight is 282 g/mol. The van der Waals surface area contributed by atoms with E-state index >= 15 is 0 Å². The first-order chi connectivity index (χ1) is 9.47. The maximum absolute atomic E-state index is 11.4. The van der Waals surface area contributed by atoms with Crippen LogP contribution in [0.5, 0.6) is 0 Å². The van der Waals surface area contributed by atoms with E-state index in [4.69, 9.17) is 0 Å². The molecule has 1 saturated heterocycles. The van der Waals surface area contributed by atoms with Gasteiger partial charge in [-0.05, 0) is 51.0 Å². The number of aliphatic carboxylic acids is 1. The lowest BCUT2D eigenvalue weighted by atomic mass is 9.92. The molecule has 20 heavy (non-hydrogen) atoms. The number of nitrogens with one attached hydrogen (secondary N) is 1. The fraction of sp³-hybridized carbons (Fsp3) is 0.938. The van der Waals surface area contributed by atoms with Crippen molar-refractivity contribution in [3.63, 3.8) is 0 Å². The van der Waals surface area contributed by atoms with Gasteiger partial charge in [0.1, 0.15) is 0 Å². The van der Waals surface area contributed by atoms with Crippen LogP contribution in [0.25, 0.3) is 0 Å². The fourth-order valence-corrected chi connectivity index (χ4v) is 3.25. The van der Waals surface area contributed by atoms with Gasteiger partial charge in [0.2, 0.25) is 0 Å². The highest BCUT2D eigenvalue weighted by Gasteiger charge is 2.38. The lowest BCUT2D eigenvalue weighted by Gasteiger charge is -2.40. The Labute approximate surface area is 122 Å². The van der Waals surface area contributed by atoms with Crippen molar-refractivity contribution in [1.82, 2.24) is 10.2 Å². The van der Waals surface area contributed by atoms with Crippen molar-refractivity contribution in [2.24, 2.45) is 17.8 Å². The molecule has 1 heterocycles. The minimum atomic E-state index is -0.631. The highest BCUT2D eigenvalue weighted by Crippen LogP contribution is 2.36. The molecule has 2 N–H and O–H groups in total. The quantitative estimate of drug-likeness (QED) is 0.751. The van der Waals surface area contributed by atoms with E-state index in [1.807, 2.05) is 0 Å². The Bertz CT molecular complexity index is 328. The van der Waals surface area contributed by atoms with Gasteiger partial charge in [-0.25, -0.2) is 0 Å². The van der Waals surface area contributed by atoms with E-state index in [0.29, 0.717) is 18.0 Å². The van der Waals surface area contributed by atoms with Gasteiger partial charge in [-0.2, -0.15) is 0 Å². The van der Waals surface area contributed by atoms with Gasteiger partial charge in [0.05, 0.1) is 5.92 Å². The van der Waals surface area contributed by atoms with Crippen LogP contribution in [0, 0.1) is 17.8 Å². The molecule has 0 aromatic carbocycles. The summed E-state index contributed by atoms with van der Waals surface area (Å²) in [4.78, 5) is 13.8. The summed E-state index contributed by atoms with van der Waals surface area (Å²) in [7, 11) is 0. The third-order valence-corrected chi connectivity index (χ3v) is 4.86. The number of nitrogens with zero attached hydrogens (tertiary/aromatic N) is 1. The molecule has 1 saturated carbocycles. The predicted octanol–water partition coefficient (Wildman–Crippen LogP) is 2.20. The van der Waals surface area contributed by atoms with Crippen molar-refractivity contribution < 1.29 is 9.90 Å². The molecule has 3 unspecified atom stereocenters. The Hall–Kier alpha value is -0.610. The fourth-order valence-electron chi connectivity index (χ4n) is 3.25. The molecule has 0 aromatic rings. The van der Waals surface area contributed by atoms with Crippen molar-refractivity contribution in [2.75, 3.05) is 19.6 Å². The normalized spacial score (nSPS) is 29.6. The Morgan fingerprint density at radius 3 is 2.55 bits per heavy atom. The highest BCUT2D eigenvalue weighted by atomic mass is 16.4. The summed E-state index contributed by atoms with van der Waals surface area (Å²) < 4.78 is 0. The van der Waals surface area contributed by atoms with Gasteiger partial charge in [-0.3, -0.25) is 9.69 Å². The SMILES string of the molecule is CC(C)CCNC1CC(C(=O)O)CN(C(C)C2CC2)C1. The summed E-state index contributed by atoms with van der Waals surface area (Å²) >= 11 is 0. The van der Waals surface area contributed by atoms with Gasteiger partial charge >= 0.3 is 5.97 Å². The van der Waals surface area contributed by atoms with E-state index in [1.54, 1.807) is 0 Å². The average Bonchev–Trinajstić information content (AvgIpc) is 3.21. The van der Waals surface area contributed by atoms with E-state index in [0.717, 1.165) is 38.4 Å². The Morgan fingerprint density at radius 2 is 2.00 bits per heavy atom. The minimum Gasteiger partial charge on any atom is -0.481 e. The van der Waals surface area contributed by atoms with Crippen molar-refractivity contribution in [3.8, 4) is 0 Å². The first kappa shape index (κ1) is 15.8. The van der Waals surface area contributed by atoms with Crippen molar-refractivity contribution in [2.45, 2.75) is 58.5 Å². The van der Waals surface area contributed by atoms with Crippen molar-refractivity contribution in [1.29, 1.82) is 0 Å². The van der Waals surface area contributed by atoms with E-state index in [2.05, 4.69) is 31.0 Å². The molecule has 1 aliphatic heterocycles. The van der Waals surface area contributed by atoms with Gasteiger partial charge in [0.25, 0.3) is 0 Å². The van der Waals surface area contributed by atoms with Gasteiger partial charge < -0.3 is 10.4 Å². The second-order valence-electron chi connectivity index (χ2n) is 7.14. The molecule has 4 nitrogen and oxygen atoms in total. The number of rotatable bonds is 7. The Kier molecular flexibility index (Phi) is 5.44. The van der Waals surface area contributed by atoms with Crippen molar-refractivity contribution in [3.05, 3.63) is 0 Å². The number of likely N-dealkylation sites (tertiary alicyclic amines) is 1. The van der Waals surface area contributed by atoms with E-state index in [9.17, 15) is 9.90 Å². The van der Waals surface area contributed by atoms with Crippen LogP contribution < -0.4 is 5.32 Å². The smallest absolute Gasteiger partial charge is 0.307 e. The number of piperidine rings is 1. The molecule has 116 valence electrons. The van der Waals surface area contributed by atoms with Gasteiger partial charge in [0.15, 0.2) is 0 Å². The molecule has 4 heteroatoms. The number of hydrogen-bond acceptors (Lipinski definition) is 3. The number of carbonyl (C=O) groups is 1.